The minimum absolute atomic E-state index is 0.109. The Morgan fingerprint density at radius 3 is 2.41 bits per heavy atom. The summed E-state index contributed by atoms with van der Waals surface area (Å²) in [5.74, 6) is -0.237. The second-order valence-corrected chi connectivity index (χ2v) is 4.13. The van der Waals surface area contributed by atoms with Crippen LogP contribution in [0.25, 0.3) is 12.2 Å². The Morgan fingerprint density at radius 1 is 1.18 bits per heavy atom. The van der Waals surface area contributed by atoms with Gasteiger partial charge in [0.15, 0.2) is 5.69 Å². The van der Waals surface area contributed by atoms with E-state index in [1.165, 1.54) is 24.3 Å². The van der Waals surface area contributed by atoms with Gasteiger partial charge in [-0.2, -0.15) is 0 Å². The van der Waals surface area contributed by atoms with E-state index < -0.39 is 0 Å². The summed E-state index contributed by atoms with van der Waals surface area (Å²) in [6.45, 7) is 12.6. The van der Waals surface area contributed by atoms with Crippen molar-refractivity contribution < 1.29 is 10.2 Å². The van der Waals surface area contributed by atoms with Crippen LogP contribution in [0, 0.1) is 0 Å². The quantitative estimate of drug-likeness (QED) is 0.368. The molecule has 114 valence electrons. The molecule has 0 spiro atoms. The number of hydrogen-bond donors (Lipinski definition) is 3. The lowest BCUT2D eigenvalue weighted by Gasteiger charge is -1.98. The molecule has 22 heavy (non-hydrogen) atoms. The lowest BCUT2D eigenvalue weighted by Crippen LogP contribution is -1.83. The third kappa shape index (κ3) is 3.96. The van der Waals surface area contributed by atoms with Crippen LogP contribution in [-0.2, 0) is 0 Å². The van der Waals surface area contributed by atoms with Crippen LogP contribution in [0.3, 0.4) is 0 Å². The van der Waals surface area contributed by atoms with Crippen molar-refractivity contribution in [2.24, 2.45) is 10.2 Å². The van der Waals surface area contributed by atoms with E-state index >= 15 is 0 Å². The highest BCUT2D eigenvalue weighted by atomic mass is 16.3. The average molecular weight is 297 g/mol. The van der Waals surface area contributed by atoms with E-state index in [9.17, 15) is 10.2 Å². The minimum atomic E-state index is -0.128. The Morgan fingerprint density at radius 2 is 1.86 bits per heavy atom. The van der Waals surface area contributed by atoms with Gasteiger partial charge in [-0.25, -0.2) is 0 Å². The maximum absolute atomic E-state index is 9.93. The molecule has 1 aromatic heterocycles. The zero-order valence-electron chi connectivity index (χ0n) is 12.5. The summed E-state index contributed by atoms with van der Waals surface area (Å²) < 4.78 is 0. The van der Waals surface area contributed by atoms with Gasteiger partial charge in [0, 0.05) is 5.56 Å². The molecule has 1 aromatic rings. The lowest BCUT2D eigenvalue weighted by molar-refractivity contribution is 0.421. The van der Waals surface area contributed by atoms with Crippen LogP contribution >= 0.6 is 0 Å². The molecule has 0 radical (unpaired) electrons. The van der Waals surface area contributed by atoms with Gasteiger partial charge in [-0.15, -0.1) is 10.2 Å². The number of allylic oxidation sites excluding steroid dienone is 5. The summed E-state index contributed by atoms with van der Waals surface area (Å²) in [5, 5.41) is 27.7. The smallest absolute Gasteiger partial charge is 0.218 e. The zero-order chi connectivity index (χ0) is 16.5. The van der Waals surface area contributed by atoms with Gasteiger partial charge in [0.1, 0.15) is 11.5 Å². The first kappa shape index (κ1) is 17.0. The Bertz CT molecular complexity index is 689. The van der Waals surface area contributed by atoms with E-state index in [0.717, 1.165) is 0 Å². The third-order valence-electron chi connectivity index (χ3n) is 2.63. The van der Waals surface area contributed by atoms with E-state index in [4.69, 9.17) is 0 Å². The fourth-order valence-corrected chi connectivity index (χ4v) is 1.70. The van der Waals surface area contributed by atoms with Gasteiger partial charge < -0.3 is 15.2 Å². The Balaban J connectivity index is 3.30. The number of aliphatic hydroxyl groups excluding tert-OH is 1. The summed E-state index contributed by atoms with van der Waals surface area (Å²) in [5.41, 5.74) is 1.72. The molecule has 0 atom stereocenters. The zero-order valence-corrected chi connectivity index (χ0v) is 12.5. The lowest BCUT2D eigenvalue weighted by atomic mass is 10.2. The van der Waals surface area contributed by atoms with Crippen molar-refractivity contribution in [1.29, 1.82) is 0 Å². The molecule has 0 fully saturated rings. The van der Waals surface area contributed by atoms with Crippen LogP contribution in [0.2, 0.25) is 0 Å². The van der Waals surface area contributed by atoms with Crippen LogP contribution in [0.1, 0.15) is 18.2 Å². The first-order valence-electron chi connectivity index (χ1n) is 6.55. The molecule has 1 heterocycles. The summed E-state index contributed by atoms with van der Waals surface area (Å²) >= 11 is 0. The number of aromatic hydroxyl groups is 1. The highest BCUT2D eigenvalue weighted by Gasteiger charge is 2.13. The molecule has 0 bridgehead atoms. The predicted molar refractivity (Wildman–Crippen MR) is 91.0 cm³/mol. The first-order valence-corrected chi connectivity index (χ1v) is 6.55. The molecule has 0 aliphatic heterocycles. The van der Waals surface area contributed by atoms with Crippen LogP contribution in [0.15, 0.2) is 71.8 Å². The van der Waals surface area contributed by atoms with E-state index in [1.807, 2.05) is 13.0 Å². The van der Waals surface area contributed by atoms with Crippen molar-refractivity contribution >= 4 is 17.8 Å². The summed E-state index contributed by atoms with van der Waals surface area (Å²) in [6, 6.07) is 0. The topological polar surface area (TPSA) is 81.0 Å². The molecule has 0 aromatic carbocycles. The Kier molecular flexibility index (Phi) is 6.37. The Hall–Kier alpha value is -3.08. The van der Waals surface area contributed by atoms with Crippen molar-refractivity contribution in [1.82, 2.24) is 4.98 Å². The van der Waals surface area contributed by atoms with Gasteiger partial charge in [0.25, 0.3) is 0 Å². The van der Waals surface area contributed by atoms with Gasteiger partial charge >= 0.3 is 0 Å². The number of aliphatic hydroxyl groups is 1. The predicted octanol–water partition coefficient (Wildman–Crippen LogP) is 5.18. The van der Waals surface area contributed by atoms with Gasteiger partial charge in [-0.05, 0) is 25.2 Å². The van der Waals surface area contributed by atoms with E-state index in [-0.39, 0.29) is 23.0 Å². The standard InChI is InChI=1S/C17H19N3O2/c1-5-9-13-12(8-4)16(17(22)18-13)20-19-14(10-6-2)15(21)11-7-3/h5-11,18,21-22H,2-4H2,1H3/b9-5-,14-10+,15-11+,20-19?. The molecule has 0 saturated heterocycles. The molecule has 0 aliphatic rings. The number of H-pyrrole nitrogens is 1. The van der Waals surface area contributed by atoms with Crippen molar-refractivity contribution in [3.05, 3.63) is 72.8 Å². The number of azo groups is 1. The largest absolute Gasteiger partial charge is 0.506 e. The molecule has 0 aliphatic carbocycles. The molecule has 1 rings (SSSR count). The fraction of sp³-hybridized carbons (Fsp3) is 0.0588. The molecular formula is C17H19N3O2. The number of hydrogen-bond acceptors (Lipinski definition) is 4. The summed E-state index contributed by atoms with van der Waals surface area (Å²) in [4.78, 5) is 2.79. The van der Waals surface area contributed by atoms with Crippen molar-refractivity contribution in [2.75, 3.05) is 0 Å². The van der Waals surface area contributed by atoms with Gasteiger partial charge in [0.05, 0.1) is 5.69 Å². The molecule has 5 nitrogen and oxygen atoms in total. The maximum atomic E-state index is 9.93. The highest BCUT2D eigenvalue weighted by Crippen LogP contribution is 2.35. The van der Waals surface area contributed by atoms with Crippen LogP contribution in [0.4, 0.5) is 5.69 Å². The SMILES string of the molecule is C=C/C=C(O)\C(=C/C=C)N=Nc1c(O)[nH]c(/C=C\C)c1C=C. The molecule has 0 saturated carbocycles. The van der Waals surface area contributed by atoms with Gasteiger partial charge in [0.2, 0.25) is 5.88 Å². The van der Waals surface area contributed by atoms with Crippen molar-refractivity contribution in [2.45, 2.75) is 6.92 Å². The number of nitrogens with zero attached hydrogens (tertiary/aromatic N) is 2. The number of aromatic amines is 1. The second-order valence-electron chi connectivity index (χ2n) is 4.13. The third-order valence-corrected chi connectivity index (χ3v) is 2.63. The van der Waals surface area contributed by atoms with E-state index in [0.29, 0.717) is 11.3 Å². The molecule has 0 unspecified atom stereocenters. The average Bonchev–Trinajstić information content (AvgIpc) is 2.79. The number of rotatable bonds is 7. The van der Waals surface area contributed by atoms with Crippen LogP contribution in [0.5, 0.6) is 5.88 Å². The molecule has 5 heteroatoms. The summed E-state index contributed by atoms with van der Waals surface area (Å²) in [7, 11) is 0. The Labute approximate surface area is 129 Å². The van der Waals surface area contributed by atoms with Gasteiger partial charge in [-0.3, -0.25) is 0 Å². The summed E-state index contributed by atoms with van der Waals surface area (Å²) in [6.07, 6.45) is 10.9. The highest BCUT2D eigenvalue weighted by molar-refractivity contribution is 5.76. The van der Waals surface area contributed by atoms with E-state index in [1.54, 1.807) is 12.2 Å². The fourth-order valence-electron chi connectivity index (χ4n) is 1.70. The van der Waals surface area contributed by atoms with Crippen LogP contribution < -0.4 is 0 Å². The van der Waals surface area contributed by atoms with Gasteiger partial charge in [-0.1, -0.05) is 44.0 Å². The van der Waals surface area contributed by atoms with Crippen LogP contribution in [-0.4, -0.2) is 15.2 Å². The second kappa shape index (κ2) is 8.26. The van der Waals surface area contributed by atoms with Crippen molar-refractivity contribution in [3.63, 3.8) is 0 Å². The number of nitrogens with one attached hydrogen (secondary N) is 1. The monoisotopic (exact) mass is 297 g/mol. The normalized spacial score (nSPS) is 13.0. The van der Waals surface area contributed by atoms with E-state index in [2.05, 4.69) is 34.9 Å². The molecule has 0 amide bonds. The molecule has 3 N–H and O–H groups in total. The van der Waals surface area contributed by atoms with Crippen molar-refractivity contribution in [3.8, 4) is 5.88 Å². The minimum Gasteiger partial charge on any atom is -0.506 e. The maximum Gasteiger partial charge on any atom is 0.218 e. The number of aromatic nitrogens is 1. The molecular weight excluding hydrogens is 278 g/mol. The first-order chi connectivity index (χ1) is 10.6.